The molecule has 3 aromatic rings. The zero-order valence-corrected chi connectivity index (χ0v) is 21.7. The molecule has 1 fully saturated rings. The van der Waals surface area contributed by atoms with Crippen LogP contribution < -0.4 is 15.8 Å². The number of ether oxygens (including phenoxy) is 1. The van der Waals surface area contributed by atoms with Crippen LogP contribution in [-0.2, 0) is 24.1 Å². The zero-order chi connectivity index (χ0) is 23.8. The second kappa shape index (κ2) is 9.85. The van der Waals surface area contributed by atoms with Crippen molar-refractivity contribution in [3.8, 4) is 0 Å². The number of benzene rings is 1. The highest BCUT2D eigenvalue weighted by Crippen LogP contribution is 2.37. The van der Waals surface area contributed by atoms with Crippen molar-refractivity contribution in [1.82, 2.24) is 14.9 Å². The van der Waals surface area contributed by atoms with Crippen LogP contribution in [0.15, 0.2) is 46.9 Å². The molecule has 3 atom stereocenters. The first-order chi connectivity index (χ1) is 16.4. The molecule has 0 saturated carbocycles. The maximum absolute atomic E-state index is 13.5. The van der Waals surface area contributed by atoms with Crippen LogP contribution in [0.4, 0.5) is 5.69 Å². The first-order valence-corrected chi connectivity index (χ1v) is 13.7. The van der Waals surface area contributed by atoms with Crippen LogP contribution in [-0.4, -0.2) is 42.0 Å². The van der Waals surface area contributed by atoms with Gasteiger partial charge < -0.3 is 9.64 Å². The maximum Gasteiger partial charge on any atom is 0.263 e. The van der Waals surface area contributed by atoms with Crippen molar-refractivity contribution in [2.24, 2.45) is 5.92 Å². The zero-order valence-electron chi connectivity index (χ0n) is 20.0. The minimum absolute atomic E-state index is 0.0469. The summed E-state index contributed by atoms with van der Waals surface area (Å²) >= 11 is 3.31. The van der Waals surface area contributed by atoms with Crippen molar-refractivity contribution in [2.45, 2.75) is 50.2 Å². The molecule has 0 radical (unpaired) electrons. The second-order valence-corrected chi connectivity index (χ2v) is 11.5. The summed E-state index contributed by atoms with van der Waals surface area (Å²) in [7, 11) is 4.08. The molecule has 6 nitrogen and oxygen atoms in total. The van der Waals surface area contributed by atoms with E-state index in [2.05, 4.69) is 48.0 Å². The number of rotatable bonds is 7. The highest BCUT2D eigenvalue weighted by atomic mass is 32.2. The lowest BCUT2D eigenvalue weighted by Gasteiger charge is -2.18. The van der Waals surface area contributed by atoms with Gasteiger partial charge in [0.2, 0.25) is 0 Å². The smallest absolute Gasteiger partial charge is 0.263 e. The van der Waals surface area contributed by atoms with E-state index in [0.29, 0.717) is 12.5 Å². The standard InChI is InChI=1S/C26H32N4O2S2/c1-5-12-30-25(31)22-20-11-6-16(2)13-21(20)34-24(22)28-26(30)33-15-19-14-27-23(32-19)17-7-9-18(10-8-17)29(3)4/h5,7-10,16,19,23,27H,1,6,11-15H2,2-4H3/t16-,19+,23-/m1/s1. The average Bonchev–Trinajstić information content (AvgIpc) is 3.44. The summed E-state index contributed by atoms with van der Waals surface area (Å²) < 4.78 is 8.07. The minimum Gasteiger partial charge on any atom is -0.378 e. The van der Waals surface area contributed by atoms with Gasteiger partial charge in [0.05, 0.1) is 11.5 Å². The Hall–Kier alpha value is -2.13. The van der Waals surface area contributed by atoms with E-state index in [9.17, 15) is 4.79 Å². The fourth-order valence-corrected chi connectivity index (χ4v) is 7.17. The number of thioether (sulfide) groups is 1. The number of anilines is 1. The van der Waals surface area contributed by atoms with Crippen molar-refractivity contribution in [3.63, 3.8) is 0 Å². The topological polar surface area (TPSA) is 59.4 Å². The van der Waals surface area contributed by atoms with Gasteiger partial charge in [-0.25, -0.2) is 4.98 Å². The molecule has 1 aliphatic carbocycles. The second-order valence-electron chi connectivity index (χ2n) is 9.47. The molecule has 8 heteroatoms. The van der Waals surface area contributed by atoms with Crippen LogP contribution in [0, 0.1) is 5.92 Å². The lowest BCUT2D eigenvalue weighted by molar-refractivity contribution is 0.0534. The summed E-state index contributed by atoms with van der Waals surface area (Å²) in [6.07, 6.45) is 4.89. The molecule has 1 N–H and O–H groups in total. The molecule has 3 heterocycles. The van der Waals surface area contributed by atoms with Gasteiger partial charge in [0.1, 0.15) is 11.1 Å². The van der Waals surface area contributed by atoms with E-state index in [0.717, 1.165) is 52.5 Å². The Morgan fingerprint density at radius 3 is 2.88 bits per heavy atom. The molecule has 0 spiro atoms. The quantitative estimate of drug-likeness (QED) is 0.293. The van der Waals surface area contributed by atoms with Gasteiger partial charge in [0, 0.05) is 43.5 Å². The Morgan fingerprint density at radius 2 is 2.15 bits per heavy atom. The summed E-state index contributed by atoms with van der Waals surface area (Å²) in [6.45, 7) is 7.40. The number of nitrogens with zero attached hydrogens (tertiary/aromatic N) is 3. The Kier molecular flexibility index (Phi) is 6.84. The van der Waals surface area contributed by atoms with Gasteiger partial charge in [-0.1, -0.05) is 36.9 Å². The number of aryl methyl sites for hydroxylation is 1. The van der Waals surface area contributed by atoms with E-state index in [1.807, 2.05) is 14.1 Å². The number of fused-ring (bicyclic) bond motifs is 3. The van der Waals surface area contributed by atoms with Gasteiger partial charge in [0.25, 0.3) is 5.56 Å². The van der Waals surface area contributed by atoms with Crippen molar-refractivity contribution < 1.29 is 4.74 Å². The summed E-state index contributed by atoms with van der Waals surface area (Å²) in [6, 6.07) is 8.44. The van der Waals surface area contributed by atoms with Crippen LogP contribution in [0.3, 0.4) is 0 Å². The predicted molar refractivity (Wildman–Crippen MR) is 142 cm³/mol. The lowest BCUT2D eigenvalue weighted by Crippen LogP contribution is -2.24. The van der Waals surface area contributed by atoms with Gasteiger partial charge in [-0.05, 0) is 48.4 Å². The third-order valence-electron chi connectivity index (χ3n) is 6.66. The molecular formula is C26H32N4O2S2. The van der Waals surface area contributed by atoms with Crippen LogP contribution in [0.5, 0.6) is 0 Å². The number of hydrogen-bond donors (Lipinski definition) is 1. The first-order valence-electron chi connectivity index (χ1n) is 11.9. The number of thiophene rings is 1. The largest absolute Gasteiger partial charge is 0.378 e. The van der Waals surface area contributed by atoms with Gasteiger partial charge in [0.15, 0.2) is 5.16 Å². The van der Waals surface area contributed by atoms with E-state index in [4.69, 9.17) is 9.72 Å². The Balaban J connectivity index is 1.33. The number of aromatic nitrogens is 2. The van der Waals surface area contributed by atoms with Crippen LogP contribution >= 0.6 is 23.1 Å². The summed E-state index contributed by atoms with van der Waals surface area (Å²) in [5.41, 5.74) is 3.60. The normalized spacial score (nSPS) is 22.1. The summed E-state index contributed by atoms with van der Waals surface area (Å²) in [5, 5.41) is 5.06. The van der Waals surface area contributed by atoms with Crippen molar-refractivity contribution >= 4 is 39.0 Å². The predicted octanol–water partition coefficient (Wildman–Crippen LogP) is 4.61. The van der Waals surface area contributed by atoms with E-state index in [-0.39, 0.29) is 17.9 Å². The molecule has 1 aliphatic heterocycles. The minimum atomic E-state index is -0.112. The van der Waals surface area contributed by atoms with Crippen LogP contribution in [0.25, 0.3) is 10.2 Å². The van der Waals surface area contributed by atoms with Gasteiger partial charge in [-0.2, -0.15) is 0 Å². The van der Waals surface area contributed by atoms with E-state index in [1.165, 1.54) is 16.1 Å². The van der Waals surface area contributed by atoms with Gasteiger partial charge in [-0.3, -0.25) is 14.7 Å². The molecule has 34 heavy (non-hydrogen) atoms. The fourth-order valence-electron chi connectivity index (χ4n) is 4.74. The molecule has 0 amide bonds. The van der Waals surface area contributed by atoms with Crippen molar-refractivity contribution in [2.75, 3.05) is 31.3 Å². The van der Waals surface area contributed by atoms with E-state index in [1.54, 1.807) is 33.7 Å². The van der Waals surface area contributed by atoms with Crippen LogP contribution in [0.2, 0.25) is 0 Å². The molecule has 2 aliphatic rings. The maximum atomic E-state index is 13.5. The molecule has 5 rings (SSSR count). The van der Waals surface area contributed by atoms with Gasteiger partial charge in [-0.15, -0.1) is 17.9 Å². The number of allylic oxidation sites excluding steroid dienone is 1. The Morgan fingerprint density at radius 1 is 1.35 bits per heavy atom. The number of nitrogens with one attached hydrogen (secondary N) is 1. The monoisotopic (exact) mass is 496 g/mol. The lowest BCUT2D eigenvalue weighted by atomic mass is 9.89. The fraction of sp³-hybridized carbons (Fsp3) is 0.462. The highest BCUT2D eigenvalue weighted by molar-refractivity contribution is 7.99. The Labute approximate surface area is 209 Å². The average molecular weight is 497 g/mol. The van der Waals surface area contributed by atoms with Crippen LogP contribution in [0.1, 0.15) is 35.6 Å². The molecule has 1 aromatic carbocycles. The van der Waals surface area contributed by atoms with Gasteiger partial charge >= 0.3 is 0 Å². The molecule has 2 aromatic heterocycles. The van der Waals surface area contributed by atoms with Crippen molar-refractivity contribution in [1.29, 1.82) is 0 Å². The molecule has 0 unspecified atom stereocenters. The first kappa shape index (κ1) is 23.6. The summed E-state index contributed by atoms with van der Waals surface area (Å²) in [4.78, 5) is 22.8. The molecule has 1 saturated heterocycles. The van der Waals surface area contributed by atoms with E-state index >= 15 is 0 Å². The number of hydrogen-bond acceptors (Lipinski definition) is 7. The molecule has 180 valence electrons. The Bertz CT molecular complexity index is 1250. The molecular weight excluding hydrogens is 464 g/mol. The third-order valence-corrected chi connectivity index (χ3v) is 8.92. The molecule has 0 bridgehead atoms. The van der Waals surface area contributed by atoms with E-state index < -0.39 is 0 Å². The highest BCUT2D eigenvalue weighted by Gasteiger charge is 2.28. The third kappa shape index (κ3) is 4.56. The SMILES string of the molecule is C=CCn1c(SC[C@@H]2CN[C@@H](c3ccc(N(C)C)cc3)O2)nc2sc3c(c2c1=O)CC[C@@H](C)C3. The van der Waals surface area contributed by atoms with Crippen molar-refractivity contribution in [3.05, 3.63) is 63.3 Å². The summed E-state index contributed by atoms with van der Waals surface area (Å²) in [5.74, 6) is 1.40.